The fourth-order valence-corrected chi connectivity index (χ4v) is 3.86. The van der Waals surface area contributed by atoms with Gasteiger partial charge in [0.2, 0.25) is 0 Å². The fourth-order valence-electron chi connectivity index (χ4n) is 2.85. The van der Waals surface area contributed by atoms with Crippen LogP contribution in [0.4, 0.5) is 0 Å². The summed E-state index contributed by atoms with van der Waals surface area (Å²) in [6.45, 7) is 9.07. The monoisotopic (exact) mass is 288 g/mol. The van der Waals surface area contributed by atoms with Crippen LogP contribution in [0.2, 0.25) is 0 Å². The van der Waals surface area contributed by atoms with E-state index in [-0.39, 0.29) is 5.41 Å². The highest BCUT2D eigenvalue weighted by Gasteiger charge is 2.19. The molecule has 0 radical (unpaired) electrons. The van der Waals surface area contributed by atoms with E-state index < -0.39 is 0 Å². The zero-order valence-corrected chi connectivity index (χ0v) is 13.5. The molecule has 3 heteroatoms. The molecule has 1 fully saturated rings. The predicted octanol–water partition coefficient (Wildman–Crippen LogP) is 4.14. The number of nitrogens with zero attached hydrogens (tertiary/aromatic N) is 1. The summed E-state index contributed by atoms with van der Waals surface area (Å²) >= 11 is 1.84. The van der Waals surface area contributed by atoms with Gasteiger partial charge in [-0.3, -0.25) is 0 Å². The maximum Gasteiger partial charge on any atom is 0.0992 e. The van der Waals surface area contributed by atoms with Crippen LogP contribution in [-0.4, -0.2) is 18.1 Å². The minimum Gasteiger partial charge on any atom is -0.316 e. The molecule has 1 atom stereocenters. The van der Waals surface area contributed by atoms with E-state index in [1.807, 2.05) is 11.3 Å². The number of aromatic nitrogens is 1. The highest BCUT2D eigenvalue weighted by atomic mass is 32.1. The van der Waals surface area contributed by atoms with Crippen molar-refractivity contribution in [2.24, 2.45) is 5.92 Å². The molecule has 1 N–H and O–H groups in total. The number of hydrogen-bond donors (Lipinski definition) is 1. The van der Waals surface area contributed by atoms with Crippen molar-refractivity contribution in [3.8, 4) is 0 Å². The first-order valence-corrected chi connectivity index (χ1v) is 8.45. The third-order valence-corrected chi connectivity index (χ3v) is 5.48. The predicted molar refractivity (Wildman–Crippen MR) is 87.6 cm³/mol. The van der Waals surface area contributed by atoms with Crippen LogP contribution in [0.1, 0.15) is 44.2 Å². The second-order valence-corrected chi connectivity index (χ2v) is 8.02. The van der Waals surface area contributed by atoms with Crippen LogP contribution in [-0.2, 0) is 11.8 Å². The first kappa shape index (κ1) is 14.0. The number of rotatable bonds is 2. The van der Waals surface area contributed by atoms with Crippen molar-refractivity contribution in [3.63, 3.8) is 0 Å². The molecule has 1 unspecified atom stereocenters. The van der Waals surface area contributed by atoms with Crippen molar-refractivity contribution in [1.82, 2.24) is 10.3 Å². The van der Waals surface area contributed by atoms with Crippen molar-refractivity contribution >= 4 is 21.6 Å². The van der Waals surface area contributed by atoms with Gasteiger partial charge in [-0.2, -0.15) is 0 Å². The summed E-state index contributed by atoms with van der Waals surface area (Å²) in [5.74, 6) is 0.793. The molecule has 0 amide bonds. The molecule has 20 heavy (non-hydrogen) atoms. The maximum absolute atomic E-state index is 4.84. The van der Waals surface area contributed by atoms with E-state index in [1.165, 1.54) is 53.1 Å². The summed E-state index contributed by atoms with van der Waals surface area (Å²) in [5.41, 5.74) is 2.77. The third-order valence-electron chi connectivity index (χ3n) is 4.02. The van der Waals surface area contributed by atoms with Gasteiger partial charge in [-0.25, -0.2) is 4.98 Å². The Morgan fingerprint density at radius 2 is 2.20 bits per heavy atom. The smallest absolute Gasteiger partial charge is 0.0992 e. The molecule has 0 aliphatic carbocycles. The van der Waals surface area contributed by atoms with Gasteiger partial charge in [-0.05, 0) is 56.0 Å². The quantitative estimate of drug-likeness (QED) is 0.898. The normalized spacial score (nSPS) is 20.4. The molecule has 2 heterocycles. The molecule has 3 rings (SSSR count). The third kappa shape index (κ3) is 3.04. The average Bonchev–Trinajstić information content (AvgIpc) is 2.83. The number of benzene rings is 1. The highest BCUT2D eigenvalue weighted by molar-refractivity contribution is 7.18. The zero-order chi connectivity index (χ0) is 14.2. The Morgan fingerprint density at radius 3 is 2.90 bits per heavy atom. The Hall–Kier alpha value is -0.930. The van der Waals surface area contributed by atoms with Crippen LogP contribution in [0.5, 0.6) is 0 Å². The summed E-state index contributed by atoms with van der Waals surface area (Å²) in [7, 11) is 0. The Labute approximate surface area is 125 Å². The average molecular weight is 288 g/mol. The lowest BCUT2D eigenvalue weighted by Gasteiger charge is -2.22. The summed E-state index contributed by atoms with van der Waals surface area (Å²) in [5, 5.41) is 4.74. The lowest BCUT2D eigenvalue weighted by molar-refractivity contribution is 0.376. The van der Waals surface area contributed by atoms with Gasteiger partial charge >= 0.3 is 0 Å². The van der Waals surface area contributed by atoms with E-state index in [0.29, 0.717) is 0 Å². The zero-order valence-electron chi connectivity index (χ0n) is 12.7. The maximum atomic E-state index is 4.84. The molecule has 1 aromatic carbocycles. The van der Waals surface area contributed by atoms with Gasteiger partial charge in [0.25, 0.3) is 0 Å². The van der Waals surface area contributed by atoms with Gasteiger partial charge in [0, 0.05) is 5.41 Å². The SMILES string of the molecule is CC(C)(C)c1nc2cc(CC3CCCNC3)ccc2s1. The molecule has 0 bridgehead atoms. The second-order valence-electron chi connectivity index (χ2n) is 6.99. The van der Waals surface area contributed by atoms with Crippen LogP contribution in [0.15, 0.2) is 18.2 Å². The van der Waals surface area contributed by atoms with Crippen molar-refractivity contribution in [1.29, 1.82) is 0 Å². The van der Waals surface area contributed by atoms with Crippen LogP contribution < -0.4 is 5.32 Å². The molecule has 1 aliphatic rings. The molecule has 0 spiro atoms. The van der Waals surface area contributed by atoms with Crippen LogP contribution in [0.25, 0.3) is 10.2 Å². The molecule has 2 aromatic rings. The highest BCUT2D eigenvalue weighted by Crippen LogP contribution is 2.32. The number of hydrogen-bond acceptors (Lipinski definition) is 3. The van der Waals surface area contributed by atoms with Crippen molar-refractivity contribution < 1.29 is 0 Å². The molecular formula is C17H24N2S. The van der Waals surface area contributed by atoms with Crippen LogP contribution in [0.3, 0.4) is 0 Å². The summed E-state index contributed by atoms with van der Waals surface area (Å²) < 4.78 is 1.32. The molecule has 1 aromatic heterocycles. The van der Waals surface area contributed by atoms with Crippen molar-refractivity contribution in [3.05, 3.63) is 28.8 Å². The van der Waals surface area contributed by atoms with Crippen molar-refractivity contribution in [2.75, 3.05) is 13.1 Å². The van der Waals surface area contributed by atoms with E-state index in [1.54, 1.807) is 0 Å². The summed E-state index contributed by atoms with van der Waals surface area (Å²) in [6, 6.07) is 6.85. The molecular weight excluding hydrogens is 264 g/mol. The Morgan fingerprint density at radius 1 is 1.35 bits per heavy atom. The van der Waals surface area contributed by atoms with E-state index >= 15 is 0 Å². The van der Waals surface area contributed by atoms with E-state index in [4.69, 9.17) is 4.98 Å². The van der Waals surface area contributed by atoms with Crippen molar-refractivity contribution in [2.45, 2.75) is 45.4 Å². The number of fused-ring (bicyclic) bond motifs is 1. The van der Waals surface area contributed by atoms with Gasteiger partial charge in [0.1, 0.15) is 0 Å². The molecule has 108 valence electrons. The minimum atomic E-state index is 0.150. The number of piperidine rings is 1. The Bertz CT molecular complexity index is 589. The van der Waals surface area contributed by atoms with Crippen LogP contribution in [0, 0.1) is 5.92 Å². The van der Waals surface area contributed by atoms with Crippen LogP contribution >= 0.6 is 11.3 Å². The Balaban J connectivity index is 1.82. The van der Waals surface area contributed by atoms with Gasteiger partial charge < -0.3 is 5.32 Å². The molecule has 1 saturated heterocycles. The molecule has 0 saturated carbocycles. The number of thiazole rings is 1. The first-order chi connectivity index (χ1) is 9.52. The topological polar surface area (TPSA) is 24.9 Å². The molecule has 1 aliphatic heterocycles. The lowest BCUT2D eigenvalue weighted by Crippen LogP contribution is -2.30. The summed E-state index contributed by atoms with van der Waals surface area (Å²) in [4.78, 5) is 4.84. The van der Waals surface area contributed by atoms with Gasteiger partial charge in [-0.15, -0.1) is 11.3 Å². The fraction of sp³-hybridized carbons (Fsp3) is 0.588. The van der Waals surface area contributed by atoms with Gasteiger partial charge in [-0.1, -0.05) is 26.8 Å². The number of nitrogens with one attached hydrogen (secondary N) is 1. The second kappa shape index (κ2) is 5.45. The van der Waals surface area contributed by atoms with Gasteiger partial charge in [0.05, 0.1) is 15.2 Å². The van der Waals surface area contributed by atoms with E-state index in [2.05, 4.69) is 44.3 Å². The van der Waals surface area contributed by atoms with Gasteiger partial charge in [0.15, 0.2) is 0 Å². The minimum absolute atomic E-state index is 0.150. The Kier molecular flexibility index (Phi) is 3.83. The molecule has 2 nitrogen and oxygen atoms in total. The largest absolute Gasteiger partial charge is 0.316 e. The lowest BCUT2D eigenvalue weighted by atomic mass is 9.92. The van der Waals surface area contributed by atoms with E-state index in [0.717, 1.165) is 5.92 Å². The summed E-state index contributed by atoms with van der Waals surface area (Å²) in [6.07, 6.45) is 3.86. The van der Waals surface area contributed by atoms with E-state index in [9.17, 15) is 0 Å². The standard InChI is InChI=1S/C17H24N2S/c1-17(2,3)16-19-14-10-12(6-7-15(14)20-16)9-13-5-4-8-18-11-13/h6-7,10,13,18H,4-5,8-9,11H2,1-3H3. The first-order valence-electron chi connectivity index (χ1n) is 7.63.